The van der Waals surface area contributed by atoms with E-state index in [2.05, 4.69) is 10.1 Å². The van der Waals surface area contributed by atoms with Crippen molar-refractivity contribution in [3.63, 3.8) is 0 Å². The highest BCUT2D eigenvalue weighted by Crippen LogP contribution is 2.17. The molecule has 17 heavy (non-hydrogen) atoms. The standard InChI is InChI=1S/C12H15FN4/c1-2-17-8-9(6-16-17)5-12(14)10-3-4-15-7-11(10)13/h3-4,6-8,12H,2,5,14H2,1H3. The first-order chi connectivity index (χ1) is 8.20. The molecule has 0 spiro atoms. The van der Waals surface area contributed by atoms with Gasteiger partial charge in [0.15, 0.2) is 0 Å². The molecule has 1 unspecified atom stereocenters. The molecule has 0 radical (unpaired) electrons. The maximum atomic E-state index is 13.5. The fourth-order valence-electron chi connectivity index (χ4n) is 1.74. The zero-order valence-corrected chi connectivity index (χ0v) is 9.68. The van der Waals surface area contributed by atoms with Gasteiger partial charge in [-0.15, -0.1) is 0 Å². The molecule has 0 aliphatic carbocycles. The number of nitrogens with two attached hydrogens (primary N) is 1. The smallest absolute Gasteiger partial charge is 0.146 e. The van der Waals surface area contributed by atoms with E-state index in [0.29, 0.717) is 12.0 Å². The van der Waals surface area contributed by atoms with Crippen molar-refractivity contribution in [1.82, 2.24) is 14.8 Å². The zero-order valence-electron chi connectivity index (χ0n) is 9.68. The van der Waals surface area contributed by atoms with Crippen molar-refractivity contribution < 1.29 is 4.39 Å². The third-order valence-electron chi connectivity index (χ3n) is 2.67. The Bertz CT molecular complexity index is 495. The maximum Gasteiger partial charge on any atom is 0.146 e. The highest BCUT2D eigenvalue weighted by Gasteiger charge is 2.12. The Morgan fingerprint density at radius 2 is 2.29 bits per heavy atom. The average molecular weight is 234 g/mol. The van der Waals surface area contributed by atoms with E-state index in [4.69, 9.17) is 5.73 Å². The number of aromatic nitrogens is 3. The summed E-state index contributed by atoms with van der Waals surface area (Å²) in [5, 5.41) is 4.16. The molecule has 2 aromatic heterocycles. The minimum absolute atomic E-state index is 0.358. The first-order valence-electron chi connectivity index (χ1n) is 5.57. The molecule has 0 saturated carbocycles. The molecule has 90 valence electrons. The quantitative estimate of drug-likeness (QED) is 0.875. The SMILES string of the molecule is CCn1cc(CC(N)c2ccncc2F)cn1. The predicted octanol–water partition coefficient (Wildman–Crippen LogP) is 1.68. The largest absolute Gasteiger partial charge is 0.324 e. The molecule has 0 aliphatic heterocycles. The molecule has 2 aromatic rings. The predicted molar refractivity (Wildman–Crippen MR) is 62.7 cm³/mol. The van der Waals surface area contributed by atoms with Crippen molar-refractivity contribution in [2.45, 2.75) is 25.9 Å². The molecule has 0 saturated heterocycles. The van der Waals surface area contributed by atoms with Crippen molar-refractivity contribution in [3.8, 4) is 0 Å². The van der Waals surface area contributed by atoms with Crippen LogP contribution in [-0.2, 0) is 13.0 Å². The molecule has 2 N–H and O–H groups in total. The van der Waals surface area contributed by atoms with Gasteiger partial charge in [0.25, 0.3) is 0 Å². The van der Waals surface area contributed by atoms with E-state index >= 15 is 0 Å². The van der Waals surface area contributed by atoms with Gasteiger partial charge in [-0.2, -0.15) is 5.10 Å². The van der Waals surface area contributed by atoms with Crippen LogP contribution in [0.1, 0.15) is 24.1 Å². The van der Waals surface area contributed by atoms with Gasteiger partial charge in [-0.1, -0.05) is 0 Å². The number of pyridine rings is 1. The van der Waals surface area contributed by atoms with E-state index in [-0.39, 0.29) is 11.9 Å². The van der Waals surface area contributed by atoms with Crippen LogP contribution in [0, 0.1) is 5.82 Å². The maximum absolute atomic E-state index is 13.5. The van der Waals surface area contributed by atoms with Crippen molar-refractivity contribution in [1.29, 1.82) is 0 Å². The van der Waals surface area contributed by atoms with Gasteiger partial charge in [0.05, 0.1) is 12.4 Å². The topological polar surface area (TPSA) is 56.7 Å². The molecule has 2 rings (SSSR count). The second kappa shape index (κ2) is 5.05. The Morgan fingerprint density at radius 3 is 2.94 bits per heavy atom. The lowest BCUT2D eigenvalue weighted by Gasteiger charge is -2.11. The fourth-order valence-corrected chi connectivity index (χ4v) is 1.74. The first kappa shape index (κ1) is 11.7. The number of rotatable bonds is 4. The summed E-state index contributed by atoms with van der Waals surface area (Å²) in [4.78, 5) is 3.70. The minimum atomic E-state index is -0.368. The Labute approximate surface area is 99.3 Å². The fraction of sp³-hybridized carbons (Fsp3) is 0.333. The summed E-state index contributed by atoms with van der Waals surface area (Å²) in [5.41, 5.74) is 7.47. The third-order valence-corrected chi connectivity index (χ3v) is 2.67. The number of hydrogen-bond acceptors (Lipinski definition) is 3. The monoisotopic (exact) mass is 234 g/mol. The second-order valence-corrected chi connectivity index (χ2v) is 3.91. The van der Waals surface area contributed by atoms with Crippen LogP contribution in [0.3, 0.4) is 0 Å². The third kappa shape index (κ3) is 2.68. The van der Waals surface area contributed by atoms with Crippen LogP contribution in [0.4, 0.5) is 4.39 Å². The van der Waals surface area contributed by atoms with E-state index in [1.54, 1.807) is 18.5 Å². The number of aryl methyl sites for hydroxylation is 1. The van der Waals surface area contributed by atoms with Crippen LogP contribution >= 0.6 is 0 Å². The van der Waals surface area contributed by atoms with Crippen LogP contribution in [0.5, 0.6) is 0 Å². The summed E-state index contributed by atoms with van der Waals surface area (Å²) < 4.78 is 15.3. The summed E-state index contributed by atoms with van der Waals surface area (Å²) in [6.45, 7) is 2.83. The van der Waals surface area contributed by atoms with E-state index in [9.17, 15) is 4.39 Å². The zero-order chi connectivity index (χ0) is 12.3. The Morgan fingerprint density at radius 1 is 1.47 bits per heavy atom. The number of hydrogen-bond donors (Lipinski definition) is 1. The van der Waals surface area contributed by atoms with Crippen LogP contribution in [0.15, 0.2) is 30.9 Å². The summed E-state index contributed by atoms with van der Waals surface area (Å²) >= 11 is 0. The van der Waals surface area contributed by atoms with E-state index in [0.717, 1.165) is 12.1 Å². The average Bonchev–Trinajstić information content (AvgIpc) is 2.77. The van der Waals surface area contributed by atoms with E-state index < -0.39 is 0 Å². The normalized spacial score (nSPS) is 12.6. The molecule has 0 amide bonds. The van der Waals surface area contributed by atoms with Gasteiger partial charge in [-0.25, -0.2) is 4.39 Å². The summed E-state index contributed by atoms with van der Waals surface area (Å²) in [6, 6.07) is 1.25. The molecule has 5 heteroatoms. The molecule has 0 aromatic carbocycles. The Balaban J connectivity index is 2.11. The molecule has 2 heterocycles. The minimum Gasteiger partial charge on any atom is -0.324 e. The van der Waals surface area contributed by atoms with Gasteiger partial charge in [-0.3, -0.25) is 9.67 Å². The van der Waals surface area contributed by atoms with Crippen molar-refractivity contribution in [2.24, 2.45) is 5.73 Å². The first-order valence-corrected chi connectivity index (χ1v) is 5.57. The molecule has 1 atom stereocenters. The van der Waals surface area contributed by atoms with Gasteiger partial charge >= 0.3 is 0 Å². The lowest BCUT2D eigenvalue weighted by atomic mass is 10.0. The summed E-state index contributed by atoms with van der Waals surface area (Å²) in [7, 11) is 0. The van der Waals surface area contributed by atoms with E-state index in [1.165, 1.54) is 6.20 Å². The van der Waals surface area contributed by atoms with Crippen LogP contribution in [0.25, 0.3) is 0 Å². The van der Waals surface area contributed by atoms with Gasteiger partial charge in [0.1, 0.15) is 5.82 Å². The molecule has 0 fully saturated rings. The van der Waals surface area contributed by atoms with Gasteiger partial charge < -0.3 is 5.73 Å². The molecular formula is C12H15FN4. The highest BCUT2D eigenvalue weighted by molar-refractivity contribution is 5.20. The van der Waals surface area contributed by atoms with Crippen LogP contribution < -0.4 is 5.73 Å². The molecule has 0 bridgehead atoms. The Kier molecular flexibility index (Phi) is 3.49. The molecule has 0 aliphatic rings. The highest BCUT2D eigenvalue weighted by atomic mass is 19.1. The Hall–Kier alpha value is -1.75. The number of halogens is 1. The molecular weight excluding hydrogens is 219 g/mol. The van der Waals surface area contributed by atoms with Crippen molar-refractivity contribution in [3.05, 3.63) is 47.8 Å². The second-order valence-electron chi connectivity index (χ2n) is 3.91. The molecule has 4 nitrogen and oxygen atoms in total. The van der Waals surface area contributed by atoms with Gasteiger partial charge in [0, 0.05) is 30.5 Å². The number of nitrogens with zero attached hydrogens (tertiary/aromatic N) is 3. The lowest BCUT2D eigenvalue weighted by Crippen LogP contribution is -2.14. The van der Waals surface area contributed by atoms with Crippen molar-refractivity contribution in [2.75, 3.05) is 0 Å². The van der Waals surface area contributed by atoms with Crippen LogP contribution in [-0.4, -0.2) is 14.8 Å². The lowest BCUT2D eigenvalue weighted by molar-refractivity contribution is 0.574. The van der Waals surface area contributed by atoms with Gasteiger partial charge in [0.2, 0.25) is 0 Å². The van der Waals surface area contributed by atoms with Gasteiger partial charge in [-0.05, 0) is 25.0 Å². The van der Waals surface area contributed by atoms with Crippen LogP contribution in [0.2, 0.25) is 0 Å². The summed E-state index contributed by atoms with van der Waals surface area (Å²) in [5.74, 6) is -0.358. The van der Waals surface area contributed by atoms with E-state index in [1.807, 2.05) is 17.8 Å². The van der Waals surface area contributed by atoms with Crippen molar-refractivity contribution >= 4 is 0 Å². The summed E-state index contributed by atoms with van der Waals surface area (Å²) in [6.07, 6.45) is 7.00.